The third-order valence-electron chi connectivity index (χ3n) is 2.09. The van der Waals surface area contributed by atoms with Gasteiger partial charge in [-0.2, -0.15) is 0 Å². The number of nitrogens with one attached hydrogen (secondary N) is 1. The Balaban J connectivity index is 2.80. The zero-order chi connectivity index (χ0) is 12.1. The van der Waals surface area contributed by atoms with Crippen LogP contribution in [0.1, 0.15) is 12.5 Å². The Kier molecular flexibility index (Phi) is 3.88. The highest BCUT2D eigenvalue weighted by molar-refractivity contribution is 5.82. The molecule has 0 aliphatic carbocycles. The first kappa shape index (κ1) is 12.0. The van der Waals surface area contributed by atoms with Gasteiger partial charge in [0.2, 0.25) is 5.91 Å². The first-order valence-electron chi connectivity index (χ1n) is 4.77. The van der Waals surface area contributed by atoms with Gasteiger partial charge in [-0.05, 0) is 11.6 Å². The van der Waals surface area contributed by atoms with E-state index in [4.69, 9.17) is 5.11 Å². The fraction of sp³-hybridized carbons (Fsp3) is 0.273. The molecule has 5 nitrogen and oxygen atoms in total. The molecule has 16 heavy (non-hydrogen) atoms. The van der Waals surface area contributed by atoms with Gasteiger partial charge in [0, 0.05) is 13.3 Å². The number of para-hydroxylation sites is 1. The van der Waals surface area contributed by atoms with Crippen LogP contribution in [0.5, 0.6) is 5.75 Å². The molecule has 0 saturated heterocycles. The second-order valence-electron chi connectivity index (χ2n) is 3.42. The second-order valence-corrected chi connectivity index (χ2v) is 3.42. The number of hydrogen-bond donors (Lipinski definition) is 3. The highest BCUT2D eigenvalue weighted by Crippen LogP contribution is 2.17. The van der Waals surface area contributed by atoms with E-state index >= 15 is 0 Å². The van der Waals surface area contributed by atoms with E-state index in [9.17, 15) is 14.7 Å². The van der Waals surface area contributed by atoms with Gasteiger partial charge in [-0.3, -0.25) is 4.79 Å². The highest BCUT2D eigenvalue weighted by Gasteiger charge is 2.19. The van der Waals surface area contributed by atoms with Crippen LogP contribution in [0.25, 0.3) is 0 Å². The van der Waals surface area contributed by atoms with Crippen LogP contribution in [0.15, 0.2) is 24.3 Å². The van der Waals surface area contributed by atoms with Crippen molar-refractivity contribution in [2.75, 3.05) is 0 Å². The molecule has 86 valence electrons. The van der Waals surface area contributed by atoms with Gasteiger partial charge in [-0.15, -0.1) is 0 Å². The normalized spacial score (nSPS) is 11.8. The summed E-state index contributed by atoms with van der Waals surface area (Å²) in [4.78, 5) is 21.7. The molecule has 1 aromatic carbocycles. The molecule has 3 N–H and O–H groups in total. The molecule has 0 fully saturated rings. The van der Waals surface area contributed by atoms with Gasteiger partial charge in [-0.1, -0.05) is 18.2 Å². The van der Waals surface area contributed by atoms with Crippen LogP contribution >= 0.6 is 0 Å². The Bertz CT molecular complexity index is 403. The number of carboxylic acids is 1. The van der Waals surface area contributed by atoms with E-state index in [-0.39, 0.29) is 12.2 Å². The first-order valence-corrected chi connectivity index (χ1v) is 4.77. The molecule has 5 heteroatoms. The number of carbonyl (C=O) groups excluding carboxylic acids is 1. The molecule has 0 spiro atoms. The summed E-state index contributed by atoms with van der Waals surface area (Å²) in [5, 5.41) is 20.7. The summed E-state index contributed by atoms with van der Waals surface area (Å²) >= 11 is 0. The summed E-state index contributed by atoms with van der Waals surface area (Å²) in [6.45, 7) is 1.25. The van der Waals surface area contributed by atoms with Crippen LogP contribution < -0.4 is 5.32 Å². The number of amides is 1. The van der Waals surface area contributed by atoms with Gasteiger partial charge in [0.15, 0.2) is 0 Å². The van der Waals surface area contributed by atoms with Crippen molar-refractivity contribution >= 4 is 11.9 Å². The summed E-state index contributed by atoms with van der Waals surface area (Å²) in [6, 6.07) is 5.41. The van der Waals surface area contributed by atoms with Crippen LogP contribution in [0.3, 0.4) is 0 Å². The van der Waals surface area contributed by atoms with Crippen molar-refractivity contribution in [1.82, 2.24) is 5.32 Å². The molecule has 0 bridgehead atoms. The van der Waals surface area contributed by atoms with E-state index in [1.807, 2.05) is 0 Å². The summed E-state index contributed by atoms with van der Waals surface area (Å²) in [5.74, 6) is -1.51. The number of phenolic OH excluding ortho intramolecular Hbond substituents is 1. The largest absolute Gasteiger partial charge is 0.508 e. The van der Waals surface area contributed by atoms with Crippen molar-refractivity contribution in [1.29, 1.82) is 0 Å². The molecule has 1 amide bonds. The topological polar surface area (TPSA) is 86.6 Å². The first-order chi connectivity index (χ1) is 7.50. The standard InChI is InChI=1S/C11H13NO4/c1-7(13)12-9(11(15)16)6-8-4-2-3-5-10(8)14/h2-5,9,14H,6H2,1H3,(H,12,13)(H,15,16)/t9-/m0/s1. The lowest BCUT2D eigenvalue weighted by Crippen LogP contribution is -2.41. The molecular weight excluding hydrogens is 210 g/mol. The summed E-state index contributed by atoms with van der Waals surface area (Å²) in [7, 11) is 0. The number of phenols is 1. The minimum Gasteiger partial charge on any atom is -0.508 e. The lowest BCUT2D eigenvalue weighted by molar-refractivity contribution is -0.141. The van der Waals surface area contributed by atoms with Gasteiger partial charge in [0.05, 0.1) is 0 Å². The molecule has 0 aliphatic rings. The number of rotatable bonds is 4. The van der Waals surface area contributed by atoms with Crippen molar-refractivity contribution in [3.63, 3.8) is 0 Å². The van der Waals surface area contributed by atoms with Gasteiger partial charge in [0.1, 0.15) is 11.8 Å². The van der Waals surface area contributed by atoms with Crippen molar-refractivity contribution in [2.24, 2.45) is 0 Å². The number of carbonyl (C=O) groups is 2. The van der Waals surface area contributed by atoms with E-state index in [1.165, 1.54) is 13.0 Å². The highest BCUT2D eigenvalue weighted by atomic mass is 16.4. The van der Waals surface area contributed by atoms with Crippen LogP contribution in [-0.2, 0) is 16.0 Å². The zero-order valence-corrected chi connectivity index (χ0v) is 8.80. The number of benzene rings is 1. The van der Waals surface area contributed by atoms with E-state index in [0.717, 1.165) is 0 Å². The summed E-state index contributed by atoms with van der Waals surface area (Å²) in [5.41, 5.74) is 0.489. The van der Waals surface area contributed by atoms with E-state index in [0.29, 0.717) is 5.56 Å². The monoisotopic (exact) mass is 223 g/mol. The van der Waals surface area contributed by atoms with Crippen LogP contribution in [-0.4, -0.2) is 28.1 Å². The fourth-order valence-corrected chi connectivity index (χ4v) is 1.35. The van der Waals surface area contributed by atoms with Crippen molar-refractivity contribution in [3.8, 4) is 5.75 Å². The maximum absolute atomic E-state index is 10.9. The second kappa shape index (κ2) is 5.16. The molecule has 0 saturated carbocycles. The van der Waals surface area contributed by atoms with Gasteiger partial charge in [-0.25, -0.2) is 4.79 Å². The predicted octanol–water partition coefficient (Wildman–Crippen LogP) is 0.524. The van der Waals surface area contributed by atoms with Crippen LogP contribution in [0.4, 0.5) is 0 Å². The molecule has 0 aromatic heterocycles. The Morgan fingerprint density at radius 1 is 1.38 bits per heavy atom. The number of carboxylic acid groups (broad SMARTS) is 1. The van der Waals surface area contributed by atoms with Crippen molar-refractivity contribution in [2.45, 2.75) is 19.4 Å². The molecule has 1 aromatic rings. The molecule has 1 rings (SSSR count). The van der Waals surface area contributed by atoms with Gasteiger partial charge < -0.3 is 15.5 Å². The van der Waals surface area contributed by atoms with E-state index < -0.39 is 17.9 Å². The Morgan fingerprint density at radius 2 is 2.00 bits per heavy atom. The molecule has 0 aliphatic heterocycles. The average Bonchev–Trinajstić information content (AvgIpc) is 2.19. The number of aromatic hydroxyl groups is 1. The SMILES string of the molecule is CC(=O)N[C@@H](Cc1ccccc1O)C(=O)O. The Morgan fingerprint density at radius 3 is 2.50 bits per heavy atom. The van der Waals surface area contributed by atoms with Crippen LogP contribution in [0.2, 0.25) is 0 Å². The fourth-order valence-electron chi connectivity index (χ4n) is 1.35. The zero-order valence-electron chi connectivity index (χ0n) is 8.80. The lowest BCUT2D eigenvalue weighted by Gasteiger charge is -2.13. The molecule has 1 atom stereocenters. The molecular formula is C11H13NO4. The minimum absolute atomic E-state index is 0.0269. The quantitative estimate of drug-likeness (QED) is 0.694. The van der Waals surface area contributed by atoms with Crippen molar-refractivity contribution in [3.05, 3.63) is 29.8 Å². The average molecular weight is 223 g/mol. The summed E-state index contributed by atoms with van der Waals surface area (Å²) in [6.07, 6.45) is 0.0571. The number of hydrogen-bond acceptors (Lipinski definition) is 3. The third-order valence-corrected chi connectivity index (χ3v) is 2.09. The minimum atomic E-state index is -1.13. The van der Waals surface area contributed by atoms with Gasteiger partial charge >= 0.3 is 5.97 Å². The van der Waals surface area contributed by atoms with Crippen LogP contribution in [0, 0.1) is 0 Å². The smallest absolute Gasteiger partial charge is 0.326 e. The maximum atomic E-state index is 10.9. The van der Waals surface area contributed by atoms with Gasteiger partial charge in [0.25, 0.3) is 0 Å². The molecule has 0 radical (unpaired) electrons. The Hall–Kier alpha value is -2.04. The predicted molar refractivity (Wildman–Crippen MR) is 57.1 cm³/mol. The van der Waals surface area contributed by atoms with E-state index in [2.05, 4.69) is 5.32 Å². The Labute approximate surface area is 92.7 Å². The van der Waals surface area contributed by atoms with E-state index in [1.54, 1.807) is 18.2 Å². The third kappa shape index (κ3) is 3.27. The summed E-state index contributed by atoms with van der Waals surface area (Å²) < 4.78 is 0. The molecule has 0 heterocycles. The number of aliphatic carboxylic acids is 1. The van der Waals surface area contributed by atoms with Crippen molar-refractivity contribution < 1.29 is 19.8 Å². The lowest BCUT2D eigenvalue weighted by atomic mass is 10.1. The maximum Gasteiger partial charge on any atom is 0.326 e. The molecule has 0 unspecified atom stereocenters.